The summed E-state index contributed by atoms with van der Waals surface area (Å²) in [4.78, 5) is 14.2. The molecule has 140 valence electrons. The van der Waals surface area contributed by atoms with Crippen molar-refractivity contribution in [2.75, 3.05) is 39.3 Å². The van der Waals surface area contributed by atoms with E-state index in [-0.39, 0.29) is 11.8 Å². The molecule has 0 bridgehead atoms. The molecule has 0 unspecified atom stereocenters. The summed E-state index contributed by atoms with van der Waals surface area (Å²) >= 11 is 0. The van der Waals surface area contributed by atoms with Crippen molar-refractivity contribution in [1.82, 2.24) is 15.5 Å². The van der Waals surface area contributed by atoms with E-state index in [0.29, 0.717) is 25.4 Å². The zero-order chi connectivity index (χ0) is 17.9. The zero-order valence-corrected chi connectivity index (χ0v) is 15.1. The molecule has 1 aromatic carbocycles. The molecule has 0 saturated carbocycles. The fourth-order valence-electron chi connectivity index (χ4n) is 2.90. The highest BCUT2D eigenvalue weighted by Crippen LogP contribution is 2.16. The van der Waals surface area contributed by atoms with Gasteiger partial charge in [0.15, 0.2) is 0 Å². The number of piperidine rings is 1. The van der Waals surface area contributed by atoms with Crippen molar-refractivity contribution in [2.24, 2.45) is 5.92 Å². The van der Waals surface area contributed by atoms with Crippen LogP contribution in [-0.4, -0.2) is 50.3 Å². The molecule has 1 aromatic rings. The van der Waals surface area contributed by atoms with E-state index >= 15 is 0 Å². The number of unbranched alkanes of at least 4 members (excludes halogenated alkanes) is 1. The Kier molecular flexibility index (Phi) is 8.52. The van der Waals surface area contributed by atoms with Crippen molar-refractivity contribution in [3.05, 3.63) is 30.1 Å². The largest absolute Gasteiger partial charge is 0.492 e. The number of carbonyl (C=O) groups excluding carboxylic acids is 1. The second kappa shape index (κ2) is 10.9. The Morgan fingerprint density at radius 1 is 1.24 bits per heavy atom. The summed E-state index contributed by atoms with van der Waals surface area (Å²) in [5, 5.41) is 5.58. The van der Waals surface area contributed by atoms with E-state index in [4.69, 9.17) is 4.74 Å². The van der Waals surface area contributed by atoms with Crippen LogP contribution in [0.3, 0.4) is 0 Å². The molecule has 0 aromatic heterocycles. The average Bonchev–Trinajstić information content (AvgIpc) is 2.60. The second-order valence-corrected chi connectivity index (χ2v) is 6.72. The van der Waals surface area contributed by atoms with E-state index in [1.165, 1.54) is 38.1 Å². The van der Waals surface area contributed by atoms with Crippen molar-refractivity contribution in [2.45, 2.75) is 32.6 Å². The summed E-state index contributed by atoms with van der Waals surface area (Å²) in [5.41, 5.74) is 0. The van der Waals surface area contributed by atoms with Gasteiger partial charge in [-0.25, -0.2) is 9.18 Å². The fourth-order valence-corrected chi connectivity index (χ4v) is 2.90. The van der Waals surface area contributed by atoms with Gasteiger partial charge in [0.1, 0.15) is 18.2 Å². The highest BCUT2D eigenvalue weighted by Gasteiger charge is 2.14. The van der Waals surface area contributed by atoms with E-state index < -0.39 is 0 Å². The van der Waals surface area contributed by atoms with E-state index in [2.05, 4.69) is 22.5 Å². The summed E-state index contributed by atoms with van der Waals surface area (Å²) in [6.45, 7) is 7.24. The molecule has 1 saturated heterocycles. The number of ether oxygens (including phenoxy) is 1. The minimum absolute atomic E-state index is 0.186. The first-order chi connectivity index (χ1) is 12.1. The predicted molar refractivity (Wildman–Crippen MR) is 97.4 cm³/mol. The highest BCUT2D eigenvalue weighted by atomic mass is 19.1. The van der Waals surface area contributed by atoms with Crippen LogP contribution in [0, 0.1) is 11.7 Å². The molecule has 1 aliphatic rings. The number of benzene rings is 1. The Morgan fingerprint density at radius 2 is 2.00 bits per heavy atom. The number of nitrogens with zero attached hydrogens (tertiary/aromatic N) is 1. The van der Waals surface area contributed by atoms with Crippen molar-refractivity contribution >= 4 is 6.03 Å². The van der Waals surface area contributed by atoms with Crippen LogP contribution in [0.15, 0.2) is 24.3 Å². The van der Waals surface area contributed by atoms with E-state index in [1.807, 2.05) is 0 Å². The van der Waals surface area contributed by atoms with Crippen molar-refractivity contribution in [1.29, 1.82) is 0 Å². The molecule has 1 heterocycles. The number of urea groups is 1. The first kappa shape index (κ1) is 19.5. The smallest absolute Gasteiger partial charge is 0.314 e. The Bertz CT molecular complexity index is 519. The lowest BCUT2D eigenvalue weighted by atomic mass is 9.99. The molecule has 2 N–H and O–H groups in total. The third-order valence-electron chi connectivity index (χ3n) is 4.52. The average molecular weight is 351 g/mol. The third kappa shape index (κ3) is 8.20. The quantitative estimate of drug-likeness (QED) is 0.673. The van der Waals surface area contributed by atoms with Gasteiger partial charge in [0.05, 0.1) is 6.54 Å². The highest BCUT2D eigenvalue weighted by molar-refractivity contribution is 5.73. The summed E-state index contributed by atoms with van der Waals surface area (Å²) in [7, 11) is 0. The molecular weight excluding hydrogens is 321 g/mol. The van der Waals surface area contributed by atoms with E-state index in [9.17, 15) is 9.18 Å². The van der Waals surface area contributed by atoms with Crippen LogP contribution in [0.5, 0.6) is 5.75 Å². The Morgan fingerprint density at radius 3 is 2.76 bits per heavy atom. The summed E-state index contributed by atoms with van der Waals surface area (Å²) in [6.07, 6.45) is 4.70. The van der Waals surface area contributed by atoms with Crippen molar-refractivity contribution < 1.29 is 13.9 Å². The first-order valence-corrected chi connectivity index (χ1v) is 9.26. The Labute approximate surface area is 149 Å². The van der Waals surface area contributed by atoms with E-state index in [1.54, 1.807) is 12.1 Å². The maximum absolute atomic E-state index is 13.0. The van der Waals surface area contributed by atoms with Crippen LogP contribution in [0.25, 0.3) is 0 Å². The van der Waals surface area contributed by atoms with Gasteiger partial charge in [-0.05, 0) is 63.4 Å². The van der Waals surface area contributed by atoms with Gasteiger partial charge in [-0.2, -0.15) is 0 Å². The number of hydrogen-bond donors (Lipinski definition) is 2. The third-order valence-corrected chi connectivity index (χ3v) is 4.52. The minimum atomic E-state index is -0.331. The maximum Gasteiger partial charge on any atom is 0.314 e. The number of rotatable bonds is 9. The van der Waals surface area contributed by atoms with Crippen molar-refractivity contribution in [3.63, 3.8) is 0 Å². The maximum atomic E-state index is 13.0. The predicted octanol–water partition coefficient (Wildman–Crippen LogP) is 3.02. The molecule has 0 radical (unpaired) electrons. The monoisotopic (exact) mass is 351 g/mol. The van der Waals surface area contributed by atoms with Crippen LogP contribution in [0.1, 0.15) is 32.6 Å². The van der Waals surface area contributed by atoms with Crippen LogP contribution >= 0.6 is 0 Å². The number of carbonyl (C=O) groups is 1. The van der Waals surface area contributed by atoms with Gasteiger partial charge < -0.3 is 20.3 Å². The summed E-state index contributed by atoms with van der Waals surface area (Å²) < 4.78 is 18.3. The molecule has 1 fully saturated rings. The van der Waals surface area contributed by atoms with Gasteiger partial charge in [0.2, 0.25) is 0 Å². The summed E-state index contributed by atoms with van der Waals surface area (Å²) in [5.74, 6) is 1.00. The number of nitrogens with one attached hydrogen (secondary N) is 2. The number of likely N-dealkylation sites (tertiary alicyclic amines) is 1. The molecular formula is C19H30FN3O2. The molecule has 2 amide bonds. The van der Waals surface area contributed by atoms with Crippen LogP contribution in [0.4, 0.5) is 9.18 Å². The van der Waals surface area contributed by atoms with Gasteiger partial charge in [-0.3, -0.25) is 0 Å². The minimum Gasteiger partial charge on any atom is -0.492 e. The van der Waals surface area contributed by atoms with Gasteiger partial charge >= 0.3 is 6.03 Å². The van der Waals surface area contributed by atoms with E-state index in [0.717, 1.165) is 25.3 Å². The molecule has 2 rings (SSSR count). The molecule has 0 atom stereocenters. The lowest BCUT2D eigenvalue weighted by Gasteiger charge is -2.30. The molecule has 6 heteroatoms. The normalized spacial score (nSPS) is 15.8. The SMILES string of the molecule is CC1CCN(CCCCNC(=O)NCCOc2cccc(F)c2)CC1. The standard InChI is InChI=1S/C19H30FN3O2/c1-16-7-12-23(13-8-16)11-3-2-9-21-19(24)22-10-14-25-18-6-4-5-17(20)15-18/h4-6,15-16H,2-3,7-14H2,1H3,(H2,21,22,24). The zero-order valence-electron chi connectivity index (χ0n) is 15.1. The fraction of sp³-hybridized carbons (Fsp3) is 0.632. The van der Waals surface area contributed by atoms with Gasteiger partial charge in [-0.1, -0.05) is 13.0 Å². The molecule has 25 heavy (non-hydrogen) atoms. The number of halogens is 1. The van der Waals surface area contributed by atoms with Crippen LogP contribution in [0.2, 0.25) is 0 Å². The van der Waals surface area contributed by atoms with Crippen LogP contribution in [-0.2, 0) is 0 Å². The second-order valence-electron chi connectivity index (χ2n) is 6.72. The lowest BCUT2D eigenvalue weighted by molar-refractivity contribution is 0.189. The Balaban J connectivity index is 1.43. The number of amides is 2. The molecule has 5 nitrogen and oxygen atoms in total. The Hall–Kier alpha value is -1.82. The topological polar surface area (TPSA) is 53.6 Å². The summed E-state index contributed by atoms with van der Waals surface area (Å²) in [6, 6.07) is 5.78. The van der Waals surface area contributed by atoms with Gasteiger partial charge in [0.25, 0.3) is 0 Å². The molecule has 0 spiro atoms. The van der Waals surface area contributed by atoms with Crippen LogP contribution < -0.4 is 15.4 Å². The lowest BCUT2D eigenvalue weighted by Crippen LogP contribution is -2.38. The number of hydrogen-bond acceptors (Lipinski definition) is 3. The van der Waals surface area contributed by atoms with Gasteiger partial charge in [0, 0.05) is 12.6 Å². The molecule has 1 aliphatic heterocycles. The molecule has 0 aliphatic carbocycles. The van der Waals surface area contributed by atoms with Gasteiger partial charge in [-0.15, -0.1) is 0 Å². The van der Waals surface area contributed by atoms with Crippen molar-refractivity contribution in [3.8, 4) is 5.75 Å². The first-order valence-electron chi connectivity index (χ1n) is 9.26.